The molecule has 5 rings (SSSR count). The van der Waals surface area contributed by atoms with Gasteiger partial charge in [-0.2, -0.15) is 0 Å². The van der Waals surface area contributed by atoms with Crippen LogP contribution in [0.2, 0.25) is 0 Å². The van der Waals surface area contributed by atoms with Crippen molar-refractivity contribution < 1.29 is 22.4 Å². The number of nitrogens with one attached hydrogen (secondary N) is 2. The van der Waals surface area contributed by atoms with Crippen molar-refractivity contribution in [3.63, 3.8) is 0 Å². The van der Waals surface area contributed by atoms with Crippen molar-refractivity contribution in [1.82, 2.24) is 0 Å². The van der Waals surface area contributed by atoms with E-state index in [4.69, 9.17) is 4.42 Å². The second kappa shape index (κ2) is 9.24. The number of amides is 1. The largest absolute Gasteiger partial charge is 0.459 e. The summed E-state index contributed by atoms with van der Waals surface area (Å²) in [6.45, 7) is 0.113. The van der Waals surface area contributed by atoms with Crippen LogP contribution in [0, 0.1) is 0 Å². The Hall–Kier alpha value is -4.15. The topological polar surface area (TPSA) is 109 Å². The third kappa shape index (κ3) is 4.48. The lowest BCUT2D eigenvalue weighted by Gasteiger charge is -2.29. The highest BCUT2D eigenvalue weighted by Gasteiger charge is 2.41. The van der Waals surface area contributed by atoms with Crippen molar-refractivity contribution in [3.8, 4) is 0 Å². The molecule has 0 saturated carbocycles. The molecule has 0 spiro atoms. The van der Waals surface area contributed by atoms with E-state index >= 15 is 0 Å². The van der Waals surface area contributed by atoms with Crippen LogP contribution in [0.4, 0.5) is 17.1 Å². The van der Waals surface area contributed by atoms with Crippen LogP contribution < -0.4 is 14.9 Å². The van der Waals surface area contributed by atoms with Crippen LogP contribution in [-0.2, 0) is 16.6 Å². The molecule has 0 fully saturated rings. The van der Waals surface area contributed by atoms with Gasteiger partial charge in [0, 0.05) is 17.6 Å². The van der Waals surface area contributed by atoms with Gasteiger partial charge in [-0.3, -0.25) is 13.9 Å². The molecule has 2 aromatic heterocycles. The van der Waals surface area contributed by atoms with Crippen molar-refractivity contribution in [2.75, 3.05) is 14.9 Å². The van der Waals surface area contributed by atoms with Crippen molar-refractivity contribution in [2.45, 2.75) is 6.54 Å². The maximum atomic E-state index is 13.4. The Bertz CT molecular complexity index is 1510. The Balaban J connectivity index is 1.38. The fraction of sp³-hybridized carbons (Fsp3) is 0.0400. The van der Waals surface area contributed by atoms with Gasteiger partial charge < -0.3 is 15.1 Å². The molecule has 176 valence electrons. The van der Waals surface area contributed by atoms with Gasteiger partial charge in [-0.05, 0) is 53.4 Å². The minimum atomic E-state index is -4.09. The summed E-state index contributed by atoms with van der Waals surface area (Å²) >= 11 is 1.21. The van der Waals surface area contributed by atoms with Crippen molar-refractivity contribution in [2.24, 2.45) is 0 Å². The quantitative estimate of drug-likeness (QED) is 0.354. The van der Waals surface area contributed by atoms with Crippen LogP contribution >= 0.6 is 11.3 Å². The predicted molar refractivity (Wildman–Crippen MR) is 135 cm³/mol. The van der Waals surface area contributed by atoms with Crippen LogP contribution in [0.25, 0.3) is 0 Å². The van der Waals surface area contributed by atoms with Gasteiger partial charge in [0.1, 0.15) is 4.88 Å². The molecule has 0 saturated heterocycles. The fourth-order valence-corrected chi connectivity index (χ4v) is 6.09. The zero-order valence-electron chi connectivity index (χ0n) is 18.2. The first kappa shape index (κ1) is 22.6. The normalized spacial score (nSPS) is 15.6. The van der Waals surface area contributed by atoms with Gasteiger partial charge in [0.2, 0.25) is 5.78 Å². The Labute approximate surface area is 205 Å². The van der Waals surface area contributed by atoms with Gasteiger partial charge in [-0.1, -0.05) is 30.3 Å². The molecule has 2 N–H and O–H groups in total. The number of hydrogen-bond acceptors (Lipinski definition) is 7. The molecule has 1 amide bonds. The van der Waals surface area contributed by atoms with E-state index in [0.717, 1.165) is 5.56 Å². The first-order valence-corrected chi connectivity index (χ1v) is 12.9. The maximum Gasteiger partial charge on any atom is 0.291 e. The number of Topliss-reactive ketones (excluding diaryl/α,β-unsaturated/α-hetero) is 1. The van der Waals surface area contributed by atoms with Gasteiger partial charge in [0.25, 0.3) is 15.9 Å². The van der Waals surface area contributed by atoms with Gasteiger partial charge in [-0.15, -0.1) is 11.3 Å². The van der Waals surface area contributed by atoms with Crippen LogP contribution in [0.1, 0.15) is 25.8 Å². The molecule has 1 aliphatic rings. The standard InChI is InChI=1S/C25H19N3O5S2/c29-23-22(15-26-18-8-10-19(11-9-18)27-25(30)21-7-4-13-33-21)35(31,32)28(20-12-14-34-24(20)23)16-17-5-2-1-3-6-17/h1-15,26H,16H2,(H,27,30). The molecule has 0 atom stereocenters. The number of fused-ring (bicyclic) bond motifs is 1. The molecule has 10 heteroatoms. The Kier molecular flexibility index (Phi) is 5.98. The highest BCUT2D eigenvalue weighted by atomic mass is 32.2. The molecular formula is C25H19N3O5S2. The van der Waals surface area contributed by atoms with E-state index in [9.17, 15) is 18.0 Å². The van der Waals surface area contributed by atoms with Gasteiger partial charge in [-0.25, -0.2) is 8.42 Å². The summed E-state index contributed by atoms with van der Waals surface area (Å²) in [5.41, 5.74) is 2.27. The molecule has 3 heterocycles. The lowest BCUT2D eigenvalue weighted by Crippen LogP contribution is -2.38. The molecule has 8 nitrogen and oxygen atoms in total. The first-order chi connectivity index (χ1) is 16.9. The summed E-state index contributed by atoms with van der Waals surface area (Å²) in [6, 6.07) is 20.7. The van der Waals surface area contributed by atoms with Gasteiger partial charge >= 0.3 is 0 Å². The number of anilines is 3. The van der Waals surface area contributed by atoms with Crippen LogP contribution in [-0.4, -0.2) is 20.1 Å². The molecule has 4 aromatic rings. The number of allylic oxidation sites excluding steroid dienone is 1. The average molecular weight is 506 g/mol. The van der Waals surface area contributed by atoms with E-state index in [1.807, 2.05) is 30.3 Å². The van der Waals surface area contributed by atoms with E-state index < -0.39 is 15.8 Å². The van der Waals surface area contributed by atoms with E-state index in [-0.39, 0.29) is 23.1 Å². The fourth-order valence-electron chi connectivity index (χ4n) is 3.60. The minimum Gasteiger partial charge on any atom is -0.459 e. The molecule has 0 unspecified atom stereocenters. The monoisotopic (exact) mass is 505 g/mol. The van der Waals surface area contributed by atoms with E-state index in [0.29, 0.717) is 21.9 Å². The molecule has 35 heavy (non-hydrogen) atoms. The number of carbonyl (C=O) groups is 2. The molecular weight excluding hydrogens is 486 g/mol. The first-order valence-electron chi connectivity index (χ1n) is 10.5. The molecule has 0 radical (unpaired) electrons. The number of benzene rings is 2. The van der Waals surface area contributed by atoms with E-state index in [1.165, 1.54) is 28.1 Å². The van der Waals surface area contributed by atoms with Gasteiger partial charge in [0.15, 0.2) is 10.7 Å². The third-order valence-electron chi connectivity index (χ3n) is 5.34. The SMILES string of the molecule is O=C(Nc1ccc(NC=C2C(=O)c3sccc3N(Cc3ccccc3)S2(=O)=O)cc1)c1ccco1. The zero-order chi connectivity index (χ0) is 24.4. The predicted octanol–water partition coefficient (Wildman–Crippen LogP) is 5.08. The maximum absolute atomic E-state index is 13.4. The molecule has 0 aliphatic carbocycles. The summed E-state index contributed by atoms with van der Waals surface area (Å²) in [5, 5.41) is 7.31. The summed E-state index contributed by atoms with van der Waals surface area (Å²) in [6.07, 6.45) is 2.63. The lowest BCUT2D eigenvalue weighted by molar-refractivity contribution is 0.0995. The minimum absolute atomic E-state index is 0.113. The molecule has 2 aromatic carbocycles. The number of carbonyl (C=O) groups excluding carboxylic acids is 2. The second-order valence-electron chi connectivity index (χ2n) is 7.62. The van der Waals surface area contributed by atoms with Crippen LogP contribution in [0.3, 0.4) is 0 Å². The Morgan fingerprint density at radius 3 is 2.43 bits per heavy atom. The van der Waals surface area contributed by atoms with Crippen molar-refractivity contribution in [3.05, 3.63) is 112 Å². The Morgan fingerprint density at radius 2 is 1.71 bits per heavy atom. The number of rotatable bonds is 6. The molecule has 1 aliphatic heterocycles. The zero-order valence-corrected chi connectivity index (χ0v) is 19.8. The Morgan fingerprint density at radius 1 is 0.971 bits per heavy atom. The summed E-state index contributed by atoms with van der Waals surface area (Å²) in [4.78, 5) is 25.2. The number of hydrogen-bond donors (Lipinski definition) is 2. The lowest BCUT2D eigenvalue weighted by atomic mass is 10.2. The number of thiophene rings is 1. The smallest absolute Gasteiger partial charge is 0.291 e. The average Bonchev–Trinajstić information content (AvgIpc) is 3.56. The number of nitrogens with zero attached hydrogens (tertiary/aromatic N) is 1. The van der Waals surface area contributed by atoms with E-state index in [2.05, 4.69) is 10.6 Å². The van der Waals surface area contributed by atoms with Crippen molar-refractivity contribution in [1.29, 1.82) is 0 Å². The third-order valence-corrected chi connectivity index (χ3v) is 8.01. The summed E-state index contributed by atoms with van der Waals surface area (Å²) in [5.74, 6) is -0.748. The van der Waals surface area contributed by atoms with E-state index in [1.54, 1.807) is 47.8 Å². The molecule has 0 bridgehead atoms. The van der Waals surface area contributed by atoms with Crippen LogP contribution in [0.5, 0.6) is 0 Å². The number of sulfonamides is 1. The summed E-state index contributed by atoms with van der Waals surface area (Å²) in [7, 11) is -4.09. The summed E-state index contributed by atoms with van der Waals surface area (Å²) < 4.78 is 33.2. The van der Waals surface area contributed by atoms with Crippen molar-refractivity contribution >= 4 is 50.1 Å². The number of furan rings is 1. The highest BCUT2D eigenvalue weighted by Crippen LogP contribution is 2.39. The van der Waals surface area contributed by atoms with Gasteiger partial charge in [0.05, 0.1) is 18.5 Å². The van der Waals surface area contributed by atoms with Crippen LogP contribution in [0.15, 0.2) is 100.0 Å². The number of ketones is 1. The highest BCUT2D eigenvalue weighted by molar-refractivity contribution is 7.97. The second-order valence-corrected chi connectivity index (χ2v) is 10.4.